The third-order valence-corrected chi connectivity index (χ3v) is 3.31. The number of nitrogens with one attached hydrogen (secondary N) is 1. The van der Waals surface area contributed by atoms with Crippen molar-refractivity contribution in [2.24, 2.45) is 10.7 Å². The van der Waals surface area contributed by atoms with Gasteiger partial charge in [0.2, 0.25) is 0 Å². The SMILES string of the molecule is CCc1cccc(NC(N)=NCc2cc(CC)ccn2)c1.I. The zero-order valence-corrected chi connectivity index (χ0v) is 15.4. The molecule has 0 spiro atoms. The molecule has 22 heavy (non-hydrogen) atoms. The van der Waals surface area contributed by atoms with Gasteiger partial charge in [0.15, 0.2) is 5.96 Å². The predicted molar refractivity (Wildman–Crippen MR) is 104 cm³/mol. The van der Waals surface area contributed by atoms with Crippen LogP contribution in [-0.2, 0) is 19.4 Å². The number of halogens is 1. The monoisotopic (exact) mass is 410 g/mol. The number of guanidine groups is 1. The molecule has 0 aliphatic heterocycles. The lowest BCUT2D eigenvalue weighted by Gasteiger charge is -2.07. The zero-order valence-electron chi connectivity index (χ0n) is 13.0. The Labute approximate surface area is 149 Å². The van der Waals surface area contributed by atoms with Crippen LogP contribution in [0.25, 0.3) is 0 Å². The summed E-state index contributed by atoms with van der Waals surface area (Å²) in [6.07, 6.45) is 3.81. The van der Waals surface area contributed by atoms with Crippen LogP contribution < -0.4 is 11.1 Å². The van der Waals surface area contributed by atoms with Gasteiger partial charge in [-0.3, -0.25) is 4.98 Å². The Bertz CT molecular complexity index is 626. The number of nitrogens with zero attached hydrogens (tertiary/aromatic N) is 2. The van der Waals surface area contributed by atoms with Gasteiger partial charge in [0.1, 0.15) is 0 Å². The van der Waals surface area contributed by atoms with E-state index < -0.39 is 0 Å². The van der Waals surface area contributed by atoms with E-state index in [2.05, 4.69) is 47.3 Å². The Balaban J connectivity index is 0.00000242. The van der Waals surface area contributed by atoms with Crippen LogP contribution in [-0.4, -0.2) is 10.9 Å². The Morgan fingerprint density at radius 2 is 1.86 bits per heavy atom. The van der Waals surface area contributed by atoms with E-state index in [1.807, 2.05) is 24.4 Å². The Morgan fingerprint density at radius 3 is 2.59 bits per heavy atom. The number of hydrogen-bond donors (Lipinski definition) is 2. The van der Waals surface area contributed by atoms with Crippen LogP contribution in [0, 0.1) is 0 Å². The smallest absolute Gasteiger partial charge is 0.193 e. The Kier molecular flexibility index (Phi) is 7.87. The van der Waals surface area contributed by atoms with E-state index in [-0.39, 0.29) is 24.0 Å². The third-order valence-electron chi connectivity index (χ3n) is 3.31. The molecule has 0 unspecified atom stereocenters. The molecule has 0 aliphatic rings. The van der Waals surface area contributed by atoms with Gasteiger partial charge < -0.3 is 11.1 Å². The second-order valence-electron chi connectivity index (χ2n) is 4.89. The van der Waals surface area contributed by atoms with Gasteiger partial charge in [0.05, 0.1) is 12.2 Å². The highest BCUT2D eigenvalue weighted by Gasteiger charge is 1.98. The third kappa shape index (κ3) is 5.63. The molecule has 1 heterocycles. The minimum Gasteiger partial charge on any atom is -0.370 e. The van der Waals surface area contributed by atoms with Crippen molar-refractivity contribution in [2.45, 2.75) is 33.2 Å². The van der Waals surface area contributed by atoms with E-state index in [4.69, 9.17) is 5.73 Å². The first-order valence-electron chi connectivity index (χ1n) is 7.31. The summed E-state index contributed by atoms with van der Waals surface area (Å²) in [6.45, 7) is 4.74. The minimum absolute atomic E-state index is 0. The number of nitrogens with two attached hydrogens (primary N) is 1. The highest BCUT2D eigenvalue weighted by molar-refractivity contribution is 14.0. The van der Waals surface area contributed by atoms with Crippen LogP contribution >= 0.6 is 24.0 Å². The van der Waals surface area contributed by atoms with Crippen LogP contribution in [0.2, 0.25) is 0 Å². The molecular formula is C17H23IN4. The molecule has 0 saturated carbocycles. The molecule has 118 valence electrons. The molecule has 1 aromatic heterocycles. The largest absolute Gasteiger partial charge is 0.370 e. The maximum absolute atomic E-state index is 5.93. The number of benzene rings is 1. The Morgan fingerprint density at radius 1 is 1.14 bits per heavy atom. The number of anilines is 1. The number of rotatable bonds is 5. The van der Waals surface area contributed by atoms with Crippen molar-refractivity contribution >= 4 is 35.6 Å². The average molecular weight is 410 g/mol. The second kappa shape index (κ2) is 9.40. The van der Waals surface area contributed by atoms with E-state index in [1.54, 1.807) is 0 Å². The molecule has 5 heteroatoms. The van der Waals surface area contributed by atoms with Crippen molar-refractivity contribution in [3.05, 3.63) is 59.4 Å². The first-order chi connectivity index (χ1) is 10.2. The van der Waals surface area contributed by atoms with E-state index in [9.17, 15) is 0 Å². The van der Waals surface area contributed by atoms with Crippen molar-refractivity contribution in [1.82, 2.24) is 4.98 Å². The number of hydrogen-bond acceptors (Lipinski definition) is 2. The van der Waals surface area contributed by atoms with E-state index in [0.717, 1.165) is 24.2 Å². The lowest BCUT2D eigenvalue weighted by Crippen LogP contribution is -2.22. The summed E-state index contributed by atoms with van der Waals surface area (Å²) in [4.78, 5) is 8.64. The molecule has 2 rings (SSSR count). The fourth-order valence-corrected chi connectivity index (χ4v) is 2.06. The van der Waals surface area contributed by atoms with Crippen LogP contribution in [0.15, 0.2) is 47.6 Å². The highest BCUT2D eigenvalue weighted by Crippen LogP contribution is 2.11. The van der Waals surface area contributed by atoms with Crippen LogP contribution in [0.3, 0.4) is 0 Å². The van der Waals surface area contributed by atoms with Gasteiger partial charge in [0.25, 0.3) is 0 Å². The van der Waals surface area contributed by atoms with E-state index in [1.165, 1.54) is 11.1 Å². The quantitative estimate of drug-likeness (QED) is 0.448. The molecule has 2 aromatic rings. The van der Waals surface area contributed by atoms with Gasteiger partial charge >= 0.3 is 0 Å². The molecule has 1 aromatic carbocycles. The van der Waals surface area contributed by atoms with Crippen LogP contribution in [0.1, 0.15) is 30.7 Å². The summed E-state index contributed by atoms with van der Waals surface area (Å²) in [6, 6.07) is 12.3. The second-order valence-corrected chi connectivity index (χ2v) is 4.89. The maximum atomic E-state index is 5.93. The van der Waals surface area contributed by atoms with Gasteiger partial charge in [-0.2, -0.15) is 0 Å². The van der Waals surface area contributed by atoms with E-state index >= 15 is 0 Å². The van der Waals surface area contributed by atoms with Gasteiger partial charge in [-0.05, 0) is 48.2 Å². The summed E-state index contributed by atoms with van der Waals surface area (Å²) in [5.41, 5.74) is 10.4. The summed E-state index contributed by atoms with van der Waals surface area (Å²) < 4.78 is 0. The molecule has 0 amide bonds. The maximum Gasteiger partial charge on any atom is 0.193 e. The number of aliphatic imine (C=N–C) groups is 1. The van der Waals surface area contributed by atoms with Crippen molar-refractivity contribution in [3.8, 4) is 0 Å². The standard InChI is InChI=1S/C17H22N4.HI/c1-3-13-6-5-7-15(10-13)21-17(18)20-12-16-11-14(4-2)8-9-19-16;/h5-11H,3-4,12H2,1-2H3,(H3,18,20,21);1H. The molecule has 0 bridgehead atoms. The number of aromatic nitrogens is 1. The van der Waals surface area contributed by atoms with Crippen molar-refractivity contribution in [2.75, 3.05) is 5.32 Å². The zero-order chi connectivity index (χ0) is 15.1. The summed E-state index contributed by atoms with van der Waals surface area (Å²) >= 11 is 0. The first-order valence-corrected chi connectivity index (χ1v) is 7.31. The summed E-state index contributed by atoms with van der Waals surface area (Å²) in [5.74, 6) is 0.409. The van der Waals surface area contributed by atoms with Crippen molar-refractivity contribution in [1.29, 1.82) is 0 Å². The van der Waals surface area contributed by atoms with Gasteiger partial charge in [-0.1, -0.05) is 26.0 Å². The lowest BCUT2D eigenvalue weighted by molar-refractivity contribution is 0.967. The molecular weight excluding hydrogens is 387 g/mol. The molecule has 3 N–H and O–H groups in total. The topological polar surface area (TPSA) is 63.3 Å². The molecule has 0 aliphatic carbocycles. The first kappa shape index (κ1) is 18.4. The molecule has 0 fully saturated rings. The van der Waals surface area contributed by atoms with Crippen molar-refractivity contribution in [3.63, 3.8) is 0 Å². The fraction of sp³-hybridized carbons (Fsp3) is 0.294. The number of pyridine rings is 1. The fourth-order valence-electron chi connectivity index (χ4n) is 2.06. The molecule has 0 saturated heterocycles. The number of aryl methyl sites for hydroxylation is 2. The van der Waals surface area contributed by atoms with Crippen molar-refractivity contribution < 1.29 is 0 Å². The summed E-state index contributed by atoms with van der Waals surface area (Å²) in [7, 11) is 0. The predicted octanol–water partition coefficient (Wildman–Crippen LogP) is 3.75. The van der Waals surface area contributed by atoms with Crippen LogP contribution in [0.4, 0.5) is 5.69 Å². The molecule has 4 nitrogen and oxygen atoms in total. The normalized spacial score (nSPS) is 10.9. The van der Waals surface area contributed by atoms with Gasteiger partial charge in [-0.15, -0.1) is 24.0 Å². The minimum atomic E-state index is 0. The lowest BCUT2D eigenvalue weighted by atomic mass is 10.1. The van der Waals surface area contributed by atoms with Crippen LogP contribution in [0.5, 0.6) is 0 Å². The molecule has 0 radical (unpaired) electrons. The highest BCUT2D eigenvalue weighted by atomic mass is 127. The van der Waals surface area contributed by atoms with Gasteiger partial charge in [0, 0.05) is 11.9 Å². The Hall–Kier alpha value is -1.63. The average Bonchev–Trinajstić information content (AvgIpc) is 2.53. The molecule has 0 atom stereocenters. The van der Waals surface area contributed by atoms with E-state index in [0.29, 0.717) is 12.5 Å². The van der Waals surface area contributed by atoms with Gasteiger partial charge in [-0.25, -0.2) is 4.99 Å². The summed E-state index contributed by atoms with van der Waals surface area (Å²) in [5, 5.41) is 3.12.